The number of esters is 1. The summed E-state index contributed by atoms with van der Waals surface area (Å²) < 4.78 is 38.2. The van der Waals surface area contributed by atoms with E-state index in [2.05, 4.69) is 55.2 Å². The van der Waals surface area contributed by atoms with Crippen molar-refractivity contribution in [3.8, 4) is 0 Å². The molecule has 6 nitrogen and oxygen atoms in total. The Balaban J connectivity index is 1.15. The van der Waals surface area contributed by atoms with Gasteiger partial charge in [0.15, 0.2) is 0 Å². The highest BCUT2D eigenvalue weighted by molar-refractivity contribution is 7.89. The average Bonchev–Trinajstić information content (AvgIpc) is 3.71. The standard InChI is InChI=1S/C36H52N2O4S/c1-35(2)28-20-21-36(35,25-43(40,41)38(29-14-8-4-9-15-29)30-16-10-5-11-17-30)32(23-28)42-34(39)33-27-18-19-31(22-27)37(33)24-26-12-6-3-7-13-26/h3,6-7,12-13,18-19,27-33H,4-5,8-11,14-17,20-25H2,1-2H3/t27-,28+,31+,32+,33-,36+/m0/s1. The Kier molecular flexibility index (Phi) is 8.08. The second-order valence-corrected chi connectivity index (χ2v) is 17.3. The van der Waals surface area contributed by atoms with Crippen LogP contribution < -0.4 is 0 Å². The van der Waals surface area contributed by atoms with E-state index in [9.17, 15) is 13.2 Å². The zero-order chi connectivity index (χ0) is 29.8. The van der Waals surface area contributed by atoms with E-state index in [1.165, 1.54) is 18.4 Å². The lowest BCUT2D eigenvalue weighted by Gasteiger charge is -2.46. The van der Waals surface area contributed by atoms with Crippen molar-refractivity contribution in [1.29, 1.82) is 0 Å². The molecule has 7 rings (SSSR count). The molecule has 1 aromatic rings. The van der Waals surface area contributed by atoms with Gasteiger partial charge in [-0.3, -0.25) is 9.69 Å². The normalized spacial score (nSPS) is 36.1. The maximum Gasteiger partial charge on any atom is 0.324 e. The van der Waals surface area contributed by atoms with Gasteiger partial charge in [0.25, 0.3) is 0 Å². The van der Waals surface area contributed by atoms with Gasteiger partial charge in [-0.2, -0.15) is 4.31 Å². The highest BCUT2D eigenvalue weighted by atomic mass is 32.2. The lowest BCUT2D eigenvalue weighted by atomic mass is 9.69. The van der Waals surface area contributed by atoms with Crippen molar-refractivity contribution in [3.63, 3.8) is 0 Å². The van der Waals surface area contributed by atoms with Gasteiger partial charge < -0.3 is 4.74 Å². The molecule has 7 heteroatoms. The molecule has 6 aliphatic rings. The van der Waals surface area contributed by atoms with Crippen LogP contribution in [0, 0.1) is 22.7 Å². The van der Waals surface area contributed by atoms with Crippen molar-refractivity contribution in [2.24, 2.45) is 22.7 Å². The van der Waals surface area contributed by atoms with E-state index in [0.29, 0.717) is 5.92 Å². The third kappa shape index (κ3) is 5.23. The molecule has 0 radical (unpaired) electrons. The van der Waals surface area contributed by atoms with Crippen molar-refractivity contribution < 1.29 is 17.9 Å². The Morgan fingerprint density at radius 2 is 1.56 bits per heavy atom. The Morgan fingerprint density at radius 1 is 0.907 bits per heavy atom. The molecule has 4 saturated carbocycles. The fourth-order valence-corrected chi connectivity index (χ4v) is 13.3. The molecule has 0 amide bonds. The monoisotopic (exact) mass is 608 g/mol. The van der Waals surface area contributed by atoms with Crippen LogP contribution in [0.5, 0.6) is 0 Å². The summed E-state index contributed by atoms with van der Waals surface area (Å²) >= 11 is 0. The van der Waals surface area contributed by atoms with E-state index in [4.69, 9.17) is 4.74 Å². The third-order valence-corrected chi connectivity index (χ3v) is 15.1. The van der Waals surface area contributed by atoms with Crippen LogP contribution in [0.15, 0.2) is 42.5 Å². The fraction of sp³-hybridized carbons (Fsp3) is 0.750. The molecule has 5 aliphatic carbocycles. The van der Waals surface area contributed by atoms with Gasteiger partial charge in [0.05, 0.1) is 5.75 Å². The molecule has 0 N–H and O–H groups in total. The maximum absolute atomic E-state index is 14.8. The lowest BCUT2D eigenvalue weighted by molar-refractivity contribution is -0.163. The van der Waals surface area contributed by atoms with Crippen LogP contribution in [-0.4, -0.2) is 59.6 Å². The third-order valence-electron chi connectivity index (χ3n) is 13.0. The zero-order valence-corrected chi connectivity index (χ0v) is 27.1. The van der Waals surface area contributed by atoms with Crippen LogP contribution in [0.25, 0.3) is 0 Å². The van der Waals surface area contributed by atoms with Crippen LogP contribution in [0.2, 0.25) is 0 Å². The van der Waals surface area contributed by atoms with E-state index in [-0.39, 0.29) is 53.3 Å². The first-order valence-electron chi connectivity index (χ1n) is 17.4. The molecule has 0 spiro atoms. The van der Waals surface area contributed by atoms with Crippen molar-refractivity contribution >= 4 is 16.0 Å². The Morgan fingerprint density at radius 3 is 2.19 bits per heavy atom. The number of hydrogen-bond donors (Lipinski definition) is 0. The topological polar surface area (TPSA) is 66.9 Å². The Hall–Kier alpha value is -1.70. The summed E-state index contributed by atoms with van der Waals surface area (Å²) in [6.45, 7) is 5.26. The number of fused-ring (bicyclic) bond motifs is 4. The summed E-state index contributed by atoms with van der Waals surface area (Å²) in [4.78, 5) is 16.5. The molecule has 1 aromatic carbocycles. The van der Waals surface area contributed by atoms with Crippen LogP contribution in [0.1, 0.15) is 109 Å². The number of nitrogens with zero attached hydrogens (tertiary/aromatic N) is 2. The van der Waals surface area contributed by atoms with Gasteiger partial charge in [0.1, 0.15) is 12.1 Å². The van der Waals surface area contributed by atoms with Crippen LogP contribution in [0.4, 0.5) is 0 Å². The molecule has 1 saturated heterocycles. The predicted octanol–water partition coefficient (Wildman–Crippen LogP) is 6.85. The summed E-state index contributed by atoms with van der Waals surface area (Å²) in [7, 11) is -3.55. The summed E-state index contributed by atoms with van der Waals surface area (Å²) in [5.74, 6) is 0.535. The van der Waals surface area contributed by atoms with Crippen LogP contribution >= 0.6 is 0 Å². The minimum Gasteiger partial charge on any atom is -0.461 e. The van der Waals surface area contributed by atoms with Crippen LogP contribution in [-0.2, 0) is 26.1 Å². The second kappa shape index (κ2) is 11.6. The fourth-order valence-electron chi connectivity index (χ4n) is 10.5. The SMILES string of the molecule is CC1(C)[C@@H]2CC[C@@]1(CS(=O)(=O)N(C1CCCCC1)C1CCCCC1)[C@H](OC(=O)[C@@H]1[C@H]3C=C[C@H](C3)N1Cc1ccccc1)C2. The van der Waals surface area contributed by atoms with Gasteiger partial charge in [-0.15, -0.1) is 0 Å². The second-order valence-electron chi connectivity index (χ2n) is 15.4. The molecule has 6 atom stereocenters. The number of benzene rings is 1. The first-order chi connectivity index (χ1) is 20.7. The number of carbonyl (C=O) groups excluding carboxylic acids is 1. The smallest absolute Gasteiger partial charge is 0.324 e. The van der Waals surface area contributed by atoms with Gasteiger partial charge in [0.2, 0.25) is 10.0 Å². The van der Waals surface area contributed by atoms with E-state index in [1.807, 2.05) is 10.4 Å². The van der Waals surface area contributed by atoms with Crippen molar-refractivity contribution in [2.75, 3.05) is 5.75 Å². The largest absolute Gasteiger partial charge is 0.461 e. The predicted molar refractivity (Wildman–Crippen MR) is 170 cm³/mol. The molecule has 0 aromatic heterocycles. The first-order valence-corrected chi connectivity index (χ1v) is 19.0. The quantitative estimate of drug-likeness (QED) is 0.227. The summed E-state index contributed by atoms with van der Waals surface area (Å²) in [6, 6.07) is 10.6. The molecule has 43 heavy (non-hydrogen) atoms. The van der Waals surface area contributed by atoms with Gasteiger partial charge in [-0.25, -0.2) is 8.42 Å². The molecule has 1 heterocycles. The van der Waals surface area contributed by atoms with Crippen LogP contribution in [0.3, 0.4) is 0 Å². The minimum atomic E-state index is -3.55. The summed E-state index contributed by atoms with van der Waals surface area (Å²) in [5, 5.41) is 0. The number of rotatable bonds is 9. The zero-order valence-electron chi connectivity index (χ0n) is 26.3. The highest BCUT2D eigenvalue weighted by Crippen LogP contribution is 2.67. The molecule has 236 valence electrons. The first kappa shape index (κ1) is 30.0. The Labute approximate surface area is 259 Å². The number of carbonyl (C=O) groups is 1. The van der Waals surface area contributed by atoms with Gasteiger partial charge in [-0.05, 0) is 68.3 Å². The van der Waals surface area contributed by atoms with Crippen molar-refractivity contribution in [3.05, 3.63) is 48.0 Å². The number of likely N-dealkylation sites (tertiary alicyclic amines) is 1. The van der Waals surface area contributed by atoms with Gasteiger partial charge in [-0.1, -0.05) is 94.9 Å². The molecule has 0 unspecified atom stereocenters. The van der Waals surface area contributed by atoms with E-state index in [0.717, 1.165) is 83.6 Å². The van der Waals surface area contributed by atoms with E-state index in [1.54, 1.807) is 0 Å². The minimum absolute atomic E-state index is 0.124. The highest BCUT2D eigenvalue weighted by Gasteiger charge is 2.67. The number of sulfonamides is 1. The Bertz CT molecular complexity index is 1280. The van der Waals surface area contributed by atoms with Gasteiger partial charge >= 0.3 is 5.97 Å². The number of ether oxygens (including phenoxy) is 1. The molecule has 5 fully saturated rings. The average molecular weight is 609 g/mol. The number of hydrogen-bond acceptors (Lipinski definition) is 5. The van der Waals surface area contributed by atoms with E-state index >= 15 is 0 Å². The molecule has 1 aliphatic heterocycles. The van der Waals surface area contributed by atoms with Crippen molar-refractivity contribution in [1.82, 2.24) is 9.21 Å². The molecular weight excluding hydrogens is 556 g/mol. The van der Waals surface area contributed by atoms with E-state index < -0.39 is 15.4 Å². The summed E-state index contributed by atoms with van der Waals surface area (Å²) in [5.41, 5.74) is 0.481. The lowest BCUT2D eigenvalue weighted by Crippen LogP contribution is -2.55. The molecule has 4 bridgehead atoms. The molecular formula is C36H52N2O4S. The van der Waals surface area contributed by atoms with Crippen molar-refractivity contribution in [2.45, 2.75) is 141 Å². The maximum atomic E-state index is 14.8. The van der Waals surface area contributed by atoms with Gasteiger partial charge in [0, 0.05) is 36.0 Å². The summed E-state index contributed by atoms with van der Waals surface area (Å²) in [6.07, 6.45) is 18.6.